The van der Waals surface area contributed by atoms with Gasteiger partial charge in [0.15, 0.2) is 0 Å². The maximum atomic E-state index is 13.5. The van der Waals surface area contributed by atoms with E-state index in [-0.39, 0.29) is 37.6 Å². The van der Waals surface area contributed by atoms with Gasteiger partial charge in [-0.1, -0.05) is 24.3 Å². The Morgan fingerprint density at radius 2 is 1.52 bits per heavy atom. The van der Waals surface area contributed by atoms with E-state index in [9.17, 15) is 23.4 Å². The summed E-state index contributed by atoms with van der Waals surface area (Å²) in [7, 11) is 0. The fraction of sp³-hybridized carbons (Fsp3) is 0.478. The summed E-state index contributed by atoms with van der Waals surface area (Å²) in [5.41, 5.74) is 7.69. The molecule has 0 aliphatic carbocycles. The van der Waals surface area contributed by atoms with Gasteiger partial charge < -0.3 is 20.7 Å². The fourth-order valence-corrected chi connectivity index (χ4v) is 3.10. The first kappa shape index (κ1) is 27.2. The van der Waals surface area contributed by atoms with Crippen molar-refractivity contribution in [1.82, 2.24) is 0 Å². The molecular formula is C23H31ClF3NO3. The molecule has 0 unspecified atom stereocenters. The van der Waals surface area contributed by atoms with Crippen molar-refractivity contribution in [3.63, 3.8) is 0 Å². The third-order valence-corrected chi connectivity index (χ3v) is 5.33. The van der Waals surface area contributed by atoms with E-state index in [0.717, 1.165) is 18.1 Å². The lowest BCUT2D eigenvalue weighted by atomic mass is 9.93. The van der Waals surface area contributed by atoms with E-state index in [2.05, 4.69) is 6.07 Å². The fourth-order valence-electron chi connectivity index (χ4n) is 3.10. The molecule has 0 aliphatic rings. The van der Waals surface area contributed by atoms with Crippen LogP contribution in [-0.2, 0) is 19.0 Å². The van der Waals surface area contributed by atoms with Gasteiger partial charge in [-0.05, 0) is 73.9 Å². The van der Waals surface area contributed by atoms with Crippen molar-refractivity contribution in [3.8, 4) is 5.75 Å². The van der Waals surface area contributed by atoms with Crippen LogP contribution in [0.5, 0.6) is 5.75 Å². The number of nitrogens with two attached hydrogens (primary N) is 1. The van der Waals surface area contributed by atoms with Crippen LogP contribution in [0.25, 0.3) is 0 Å². The molecule has 0 aliphatic heterocycles. The van der Waals surface area contributed by atoms with Gasteiger partial charge in [-0.2, -0.15) is 13.2 Å². The summed E-state index contributed by atoms with van der Waals surface area (Å²) in [6.45, 7) is 3.35. The molecule has 0 amide bonds. The Morgan fingerprint density at radius 1 is 0.903 bits per heavy atom. The first-order valence-corrected chi connectivity index (χ1v) is 9.97. The van der Waals surface area contributed by atoms with E-state index < -0.39 is 30.5 Å². The second kappa shape index (κ2) is 11.7. The molecule has 0 atom stereocenters. The number of aliphatic hydroxyl groups excluding tert-OH is 2. The number of benzene rings is 2. The lowest BCUT2D eigenvalue weighted by Crippen LogP contribution is -2.47. The molecule has 0 saturated heterocycles. The van der Waals surface area contributed by atoms with E-state index in [1.54, 1.807) is 6.07 Å². The van der Waals surface area contributed by atoms with Crippen LogP contribution in [0.3, 0.4) is 0 Å². The number of hydrogen-bond donors (Lipinski definition) is 3. The van der Waals surface area contributed by atoms with E-state index in [1.165, 1.54) is 17.2 Å². The van der Waals surface area contributed by atoms with Crippen molar-refractivity contribution < 1.29 is 28.1 Å². The monoisotopic (exact) mass is 461 g/mol. The minimum atomic E-state index is -4.55. The largest absolute Gasteiger partial charge is 0.493 e. The molecule has 0 spiro atoms. The summed E-state index contributed by atoms with van der Waals surface area (Å²) < 4.78 is 46.0. The molecule has 2 aromatic rings. The number of aryl methyl sites for hydroxylation is 4. The highest BCUT2D eigenvalue weighted by molar-refractivity contribution is 5.85. The molecule has 0 radical (unpaired) electrons. The summed E-state index contributed by atoms with van der Waals surface area (Å²) in [4.78, 5) is 0. The molecule has 0 heterocycles. The second-order valence-electron chi connectivity index (χ2n) is 7.88. The predicted molar refractivity (Wildman–Crippen MR) is 118 cm³/mol. The Bertz CT molecular complexity index is 839. The van der Waals surface area contributed by atoms with Gasteiger partial charge in [-0.15, -0.1) is 12.4 Å². The van der Waals surface area contributed by atoms with Crippen LogP contribution in [0.4, 0.5) is 13.2 Å². The van der Waals surface area contributed by atoms with Crippen LogP contribution in [0, 0.1) is 13.8 Å². The number of rotatable bonds is 10. The van der Waals surface area contributed by atoms with E-state index in [0.29, 0.717) is 12.0 Å². The van der Waals surface area contributed by atoms with Crippen LogP contribution in [0.1, 0.15) is 40.7 Å². The maximum absolute atomic E-state index is 13.5. The van der Waals surface area contributed by atoms with Crippen molar-refractivity contribution >= 4 is 12.4 Å². The van der Waals surface area contributed by atoms with E-state index >= 15 is 0 Å². The molecule has 0 saturated carbocycles. The number of alkyl halides is 3. The quantitative estimate of drug-likeness (QED) is 0.459. The summed E-state index contributed by atoms with van der Waals surface area (Å²) in [6.07, 6.45) is -2.86. The van der Waals surface area contributed by atoms with Crippen LogP contribution in [0.15, 0.2) is 36.4 Å². The van der Waals surface area contributed by atoms with Crippen LogP contribution in [0.2, 0.25) is 0 Å². The van der Waals surface area contributed by atoms with Crippen LogP contribution >= 0.6 is 12.4 Å². The van der Waals surface area contributed by atoms with Gasteiger partial charge in [-0.25, -0.2) is 0 Å². The third kappa shape index (κ3) is 8.00. The smallest absolute Gasteiger partial charge is 0.419 e. The van der Waals surface area contributed by atoms with Gasteiger partial charge in [0.2, 0.25) is 0 Å². The minimum absolute atomic E-state index is 0. The molecule has 4 nitrogen and oxygen atoms in total. The summed E-state index contributed by atoms with van der Waals surface area (Å²) in [5.74, 6) is -0.199. The maximum Gasteiger partial charge on any atom is 0.419 e. The zero-order valence-electron chi connectivity index (χ0n) is 17.8. The van der Waals surface area contributed by atoms with Gasteiger partial charge in [0.1, 0.15) is 5.75 Å². The Morgan fingerprint density at radius 3 is 2.10 bits per heavy atom. The third-order valence-electron chi connectivity index (χ3n) is 5.33. The Kier molecular flexibility index (Phi) is 10.3. The molecule has 0 fully saturated rings. The van der Waals surface area contributed by atoms with Crippen molar-refractivity contribution in [1.29, 1.82) is 0 Å². The number of aliphatic hydroxyl groups is 2. The molecule has 0 aromatic heterocycles. The average molecular weight is 462 g/mol. The SMILES string of the molecule is Cc1ccc(CCCOc2ccc(CCC(N)(CO)CO)cc2C(F)(F)F)cc1C.Cl. The van der Waals surface area contributed by atoms with Gasteiger partial charge >= 0.3 is 6.18 Å². The van der Waals surface area contributed by atoms with Gasteiger partial charge in [0.05, 0.1) is 30.9 Å². The number of ether oxygens (including phenoxy) is 1. The molecule has 4 N–H and O–H groups in total. The molecule has 0 bridgehead atoms. The van der Waals surface area contributed by atoms with Crippen LogP contribution < -0.4 is 10.5 Å². The first-order chi connectivity index (χ1) is 14.1. The molecule has 174 valence electrons. The second-order valence-corrected chi connectivity index (χ2v) is 7.88. The molecule has 2 rings (SSSR count). The standard InChI is InChI=1S/C23H30F3NO3.ClH/c1-16-5-6-18(12-17(16)2)4-3-11-30-21-8-7-19(13-20(21)23(24,25)26)9-10-22(27,14-28)15-29;/h5-8,12-13,28-29H,3-4,9-11,14-15,27H2,1-2H3;1H. The van der Waals surface area contributed by atoms with Gasteiger partial charge in [0, 0.05) is 0 Å². The lowest BCUT2D eigenvalue weighted by molar-refractivity contribution is -0.139. The average Bonchev–Trinajstić information content (AvgIpc) is 2.71. The normalized spacial score (nSPS) is 11.9. The summed E-state index contributed by atoms with van der Waals surface area (Å²) in [5, 5.41) is 18.5. The zero-order valence-corrected chi connectivity index (χ0v) is 18.7. The Balaban J connectivity index is 0.00000480. The highest BCUT2D eigenvalue weighted by atomic mass is 35.5. The van der Waals surface area contributed by atoms with Crippen molar-refractivity contribution in [2.24, 2.45) is 5.73 Å². The highest BCUT2D eigenvalue weighted by Crippen LogP contribution is 2.37. The van der Waals surface area contributed by atoms with E-state index in [1.807, 2.05) is 26.0 Å². The lowest BCUT2D eigenvalue weighted by Gasteiger charge is -2.24. The Hall–Kier alpha value is -1.80. The predicted octanol–water partition coefficient (Wildman–Crippen LogP) is 4.37. The van der Waals surface area contributed by atoms with E-state index in [4.69, 9.17) is 10.5 Å². The van der Waals surface area contributed by atoms with Crippen molar-refractivity contribution in [3.05, 3.63) is 64.2 Å². The summed E-state index contributed by atoms with van der Waals surface area (Å²) >= 11 is 0. The van der Waals surface area contributed by atoms with Crippen molar-refractivity contribution in [2.45, 2.75) is 51.2 Å². The van der Waals surface area contributed by atoms with Crippen molar-refractivity contribution in [2.75, 3.05) is 19.8 Å². The summed E-state index contributed by atoms with van der Waals surface area (Å²) in [6, 6.07) is 10.1. The molecule has 31 heavy (non-hydrogen) atoms. The van der Waals surface area contributed by atoms with Crippen LogP contribution in [-0.4, -0.2) is 35.6 Å². The number of hydrogen-bond acceptors (Lipinski definition) is 4. The topological polar surface area (TPSA) is 75.7 Å². The molecule has 2 aromatic carbocycles. The highest BCUT2D eigenvalue weighted by Gasteiger charge is 2.35. The van der Waals surface area contributed by atoms with Gasteiger partial charge in [0.25, 0.3) is 0 Å². The number of halogens is 4. The molecule has 8 heteroatoms. The molecular weight excluding hydrogens is 431 g/mol. The minimum Gasteiger partial charge on any atom is -0.493 e. The Labute approximate surface area is 187 Å². The first-order valence-electron chi connectivity index (χ1n) is 9.97. The van der Waals surface area contributed by atoms with Gasteiger partial charge in [-0.3, -0.25) is 0 Å². The zero-order chi connectivity index (χ0) is 22.4.